The number of aromatic nitrogens is 2. The lowest BCUT2D eigenvalue weighted by molar-refractivity contribution is -0.138. The zero-order valence-electron chi connectivity index (χ0n) is 20.8. The Morgan fingerprint density at radius 1 is 1.00 bits per heavy atom. The summed E-state index contributed by atoms with van der Waals surface area (Å²) in [6.07, 6.45) is 5.46. The van der Waals surface area contributed by atoms with E-state index >= 15 is 0 Å². The summed E-state index contributed by atoms with van der Waals surface area (Å²) >= 11 is 0. The molecular formula is C27H36FN5O2. The van der Waals surface area contributed by atoms with E-state index in [1.165, 1.54) is 6.07 Å². The predicted octanol–water partition coefficient (Wildman–Crippen LogP) is 3.90. The number of anilines is 1. The number of piperidine rings is 2. The second kappa shape index (κ2) is 11.6. The van der Waals surface area contributed by atoms with E-state index in [0.717, 1.165) is 50.0 Å². The van der Waals surface area contributed by atoms with Gasteiger partial charge in [-0.05, 0) is 69.6 Å². The molecule has 2 aliphatic rings. The van der Waals surface area contributed by atoms with Crippen LogP contribution in [0.1, 0.15) is 55.5 Å². The molecule has 0 bridgehead atoms. The molecule has 0 spiro atoms. The zero-order valence-corrected chi connectivity index (χ0v) is 20.8. The number of hydrogen-bond donors (Lipinski definition) is 1. The third-order valence-electron chi connectivity index (χ3n) is 7.21. The van der Waals surface area contributed by atoms with Crippen molar-refractivity contribution in [2.45, 2.75) is 64.8 Å². The first-order valence-electron chi connectivity index (χ1n) is 12.8. The molecule has 1 atom stereocenters. The minimum Gasteiger partial charge on any atom is -0.354 e. The van der Waals surface area contributed by atoms with Crippen molar-refractivity contribution in [3.8, 4) is 0 Å². The van der Waals surface area contributed by atoms with Crippen molar-refractivity contribution in [3.05, 3.63) is 53.1 Å². The van der Waals surface area contributed by atoms with Gasteiger partial charge in [0, 0.05) is 50.0 Å². The maximum Gasteiger partial charge on any atom is 0.227 e. The van der Waals surface area contributed by atoms with Crippen LogP contribution in [0.4, 0.5) is 10.3 Å². The number of nitrogens with one attached hydrogen (secondary N) is 1. The second-order valence-electron chi connectivity index (χ2n) is 9.79. The zero-order chi connectivity index (χ0) is 24.8. The van der Waals surface area contributed by atoms with E-state index in [1.54, 1.807) is 18.2 Å². The topological polar surface area (TPSA) is 78.4 Å². The highest BCUT2D eigenvalue weighted by atomic mass is 19.1. The molecule has 8 heteroatoms. The number of nitrogens with zero attached hydrogens (tertiary/aromatic N) is 4. The highest BCUT2D eigenvalue weighted by Gasteiger charge is 2.35. The Morgan fingerprint density at radius 3 is 2.43 bits per heavy atom. The Hall–Kier alpha value is -3.03. The van der Waals surface area contributed by atoms with E-state index in [1.807, 2.05) is 24.8 Å². The minimum atomic E-state index is -0.328. The van der Waals surface area contributed by atoms with E-state index in [-0.39, 0.29) is 30.1 Å². The molecule has 1 aromatic heterocycles. The van der Waals surface area contributed by atoms with Crippen LogP contribution in [-0.2, 0) is 16.0 Å². The quantitative estimate of drug-likeness (QED) is 0.649. The number of likely N-dealkylation sites (tertiary alicyclic amines) is 2. The van der Waals surface area contributed by atoms with Gasteiger partial charge in [-0.15, -0.1) is 0 Å². The molecule has 0 radical (unpaired) electrons. The Kier molecular flexibility index (Phi) is 8.31. The van der Waals surface area contributed by atoms with Gasteiger partial charge in [-0.3, -0.25) is 9.59 Å². The van der Waals surface area contributed by atoms with Crippen molar-refractivity contribution < 1.29 is 14.0 Å². The normalized spacial score (nSPS) is 19.0. The molecule has 2 saturated heterocycles. The summed E-state index contributed by atoms with van der Waals surface area (Å²) in [4.78, 5) is 38.6. The van der Waals surface area contributed by atoms with E-state index in [4.69, 9.17) is 0 Å². The molecule has 1 aromatic carbocycles. The number of carbonyl (C=O) groups is 2. The van der Waals surface area contributed by atoms with Gasteiger partial charge in [0.2, 0.25) is 17.8 Å². The molecule has 4 rings (SSSR count). The fourth-order valence-electron chi connectivity index (χ4n) is 5.44. The van der Waals surface area contributed by atoms with Crippen LogP contribution in [0.25, 0.3) is 0 Å². The molecule has 2 amide bonds. The van der Waals surface area contributed by atoms with Crippen LogP contribution < -0.4 is 5.32 Å². The fraction of sp³-hybridized carbons (Fsp3) is 0.556. The number of carbonyl (C=O) groups excluding carboxylic acids is 2. The minimum absolute atomic E-state index is 0.0233. The van der Waals surface area contributed by atoms with Crippen LogP contribution in [-0.4, -0.2) is 63.8 Å². The van der Waals surface area contributed by atoms with Crippen LogP contribution in [0.3, 0.4) is 0 Å². The standard InChI is InChI=1S/C27H36FN5O2/c1-19-17-20(2)31-27(30-19)29-13-10-25(34)33-14-6-5-9-24(33)21-11-15-32(16-12-21)26(35)18-22-7-3-4-8-23(22)28/h3-4,7-8,17,21,24H,5-6,9-16,18H2,1-2H3,(H,29,30,31)/t24-/m1/s1. The lowest BCUT2D eigenvalue weighted by atomic mass is 9.83. The van der Waals surface area contributed by atoms with E-state index in [9.17, 15) is 14.0 Å². The van der Waals surface area contributed by atoms with Crippen molar-refractivity contribution in [2.24, 2.45) is 5.92 Å². The van der Waals surface area contributed by atoms with Gasteiger partial charge in [0.05, 0.1) is 6.42 Å². The maximum atomic E-state index is 13.9. The number of halogens is 1. The predicted molar refractivity (Wildman–Crippen MR) is 133 cm³/mol. The molecule has 0 unspecified atom stereocenters. The highest BCUT2D eigenvalue weighted by molar-refractivity contribution is 5.79. The van der Waals surface area contributed by atoms with E-state index in [0.29, 0.717) is 43.5 Å². The molecule has 0 saturated carbocycles. The molecular weight excluding hydrogens is 445 g/mol. The summed E-state index contributed by atoms with van der Waals surface area (Å²) in [7, 11) is 0. The third-order valence-corrected chi connectivity index (χ3v) is 7.21. The fourth-order valence-corrected chi connectivity index (χ4v) is 5.44. The summed E-state index contributed by atoms with van der Waals surface area (Å²) in [6, 6.07) is 8.63. The Morgan fingerprint density at radius 2 is 1.71 bits per heavy atom. The highest BCUT2D eigenvalue weighted by Crippen LogP contribution is 2.31. The van der Waals surface area contributed by atoms with E-state index < -0.39 is 0 Å². The van der Waals surface area contributed by atoms with Crippen molar-refractivity contribution in [1.29, 1.82) is 0 Å². The molecule has 188 valence electrons. The van der Waals surface area contributed by atoms with Gasteiger partial charge in [-0.1, -0.05) is 18.2 Å². The summed E-state index contributed by atoms with van der Waals surface area (Å²) in [5, 5.41) is 3.19. The number of hydrogen-bond acceptors (Lipinski definition) is 5. The van der Waals surface area contributed by atoms with Gasteiger partial charge >= 0.3 is 0 Å². The smallest absolute Gasteiger partial charge is 0.227 e. The Labute approximate surface area is 207 Å². The lowest BCUT2D eigenvalue weighted by Crippen LogP contribution is -2.51. The molecule has 7 nitrogen and oxygen atoms in total. The third kappa shape index (κ3) is 6.55. The van der Waals surface area contributed by atoms with Crippen molar-refractivity contribution >= 4 is 17.8 Å². The number of rotatable bonds is 7. The van der Waals surface area contributed by atoms with Crippen LogP contribution in [0, 0.1) is 25.6 Å². The van der Waals surface area contributed by atoms with Crippen LogP contribution in [0.5, 0.6) is 0 Å². The average molecular weight is 482 g/mol. The van der Waals surface area contributed by atoms with Crippen LogP contribution in [0.2, 0.25) is 0 Å². The summed E-state index contributed by atoms with van der Waals surface area (Å²) in [5.41, 5.74) is 2.26. The van der Waals surface area contributed by atoms with Gasteiger partial charge in [-0.25, -0.2) is 14.4 Å². The maximum absolute atomic E-state index is 13.9. The van der Waals surface area contributed by atoms with Gasteiger partial charge in [0.1, 0.15) is 5.82 Å². The van der Waals surface area contributed by atoms with Crippen molar-refractivity contribution in [2.75, 3.05) is 31.5 Å². The Bertz CT molecular complexity index is 1020. The molecule has 35 heavy (non-hydrogen) atoms. The molecule has 2 fully saturated rings. The number of benzene rings is 1. The molecule has 2 aliphatic heterocycles. The molecule has 0 aliphatic carbocycles. The average Bonchev–Trinajstić information content (AvgIpc) is 2.85. The Balaban J connectivity index is 1.28. The van der Waals surface area contributed by atoms with Crippen molar-refractivity contribution in [1.82, 2.24) is 19.8 Å². The largest absolute Gasteiger partial charge is 0.354 e. The van der Waals surface area contributed by atoms with E-state index in [2.05, 4.69) is 20.2 Å². The first-order valence-corrected chi connectivity index (χ1v) is 12.8. The van der Waals surface area contributed by atoms with Crippen LogP contribution in [0.15, 0.2) is 30.3 Å². The van der Waals surface area contributed by atoms with Crippen LogP contribution >= 0.6 is 0 Å². The SMILES string of the molecule is Cc1cc(C)nc(NCCC(=O)N2CCCC[C@@H]2C2CCN(C(=O)Cc3ccccc3F)CC2)n1. The summed E-state index contributed by atoms with van der Waals surface area (Å²) in [6.45, 7) is 6.51. The molecule has 3 heterocycles. The van der Waals surface area contributed by atoms with Gasteiger partial charge in [0.15, 0.2) is 0 Å². The lowest BCUT2D eigenvalue weighted by Gasteiger charge is -2.44. The molecule has 1 N–H and O–H groups in total. The number of amides is 2. The van der Waals surface area contributed by atoms with Crippen molar-refractivity contribution in [3.63, 3.8) is 0 Å². The van der Waals surface area contributed by atoms with Gasteiger partial charge < -0.3 is 15.1 Å². The summed E-state index contributed by atoms with van der Waals surface area (Å²) < 4.78 is 13.9. The first-order chi connectivity index (χ1) is 16.9. The number of aryl methyl sites for hydroxylation is 2. The summed E-state index contributed by atoms with van der Waals surface area (Å²) in [5.74, 6) is 0.783. The monoisotopic (exact) mass is 481 g/mol. The first kappa shape index (κ1) is 25.1. The van der Waals surface area contributed by atoms with Gasteiger partial charge in [-0.2, -0.15) is 0 Å². The molecule has 2 aromatic rings. The van der Waals surface area contributed by atoms with Gasteiger partial charge in [0.25, 0.3) is 0 Å². The second-order valence-corrected chi connectivity index (χ2v) is 9.79.